The summed E-state index contributed by atoms with van der Waals surface area (Å²) < 4.78 is 30.5. The van der Waals surface area contributed by atoms with Crippen LogP contribution in [0.5, 0.6) is 0 Å². The number of halogens is 2. The van der Waals surface area contributed by atoms with Gasteiger partial charge in [-0.25, -0.2) is 13.1 Å². The highest BCUT2D eigenvalue weighted by Crippen LogP contribution is 2.32. The molecule has 1 aliphatic carbocycles. The Balaban J connectivity index is 1.38. The van der Waals surface area contributed by atoms with Crippen LogP contribution < -0.4 is 10.0 Å². The third kappa shape index (κ3) is 8.95. The molecule has 0 spiro atoms. The lowest BCUT2D eigenvalue weighted by Gasteiger charge is -2.20. The van der Waals surface area contributed by atoms with Gasteiger partial charge in [-0.05, 0) is 98.4 Å². The first-order valence-electron chi connectivity index (χ1n) is 16.3. The van der Waals surface area contributed by atoms with Crippen LogP contribution in [0, 0.1) is 19.8 Å². The molecule has 0 atom stereocenters. The molecule has 1 saturated carbocycles. The van der Waals surface area contributed by atoms with Crippen molar-refractivity contribution in [2.24, 2.45) is 5.92 Å². The number of benzene rings is 2. The van der Waals surface area contributed by atoms with Crippen molar-refractivity contribution in [1.29, 1.82) is 0 Å². The number of pyridine rings is 1. The van der Waals surface area contributed by atoms with Gasteiger partial charge in [0.2, 0.25) is 15.9 Å². The van der Waals surface area contributed by atoms with Gasteiger partial charge < -0.3 is 9.88 Å². The molecule has 8 nitrogen and oxygen atoms in total. The van der Waals surface area contributed by atoms with Crippen molar-refractivity contribution in [2.75, 3.05) is 12.3 Å². The number of aryl methyl sites for hydroxylation is 4. The van der Waals surface area contributed by atoms with Crippen molar-refractivity contribution < 1.29 is 18.0 Å². The number of hydrogen-bond acceptors (Lipinski definition) is 5. The fraction of sp³-hybridized carbons (Fsp3) is 0.417. The number of nitrogens with zero attached hydrogens (tertiary/aromatic N) is 2. The number of aromatic nitrogens is 2. The maximum Gasteiger partial charge on any atom is 0.281 e. The standard InChI is InChI=1S/C36H42Cl2N4O4S/c1-24-19-26(20-25(2)33(24)38)9-6-7-13-31-30-15-14-29(37)21-32(30)42(23-27-10-8-16-39-22-27)34(31)36(44)41-47(45,46)18-17-40-35(43)28-11-4-3-5-12-28/h8,10,14-16,19-22,28H,3-7,9,11-13,17-18,23H2,1-2H3,(H,40,43)(H,41,44). The minimum Gasteiger partial charge on any atom is -0.355 e. The summed E-state index contributed by atoms with van der Waals surface area (Å²) in [6.07, 6.45) is 11.2. The van der Waals surface area contributed by atoms with Crippen molar-refractivity contribution in [2.45, 2.75) is 78.2 Å². The average Bonchev–Trinajstić information content (AvgIpc) is 3.34. The Morgan fingerprint density at radius 1 is 0.957 bits per heavy atom. The number of unbranched alkanes of at least 4 members (excludes halogenated alkanes) is 1. The topological polar surface area (TPSA) is 110 Å². The number of carbonyl (C=O) groups is 2. The fourth-order valence-electron chi connectivity index (χ4n) is 6.61. The highest BCUT2D eigenvalue weighted by Gasteiger charge is 2.27. The lowest BCUT2D eigenvalue weighted by atomic mass is 9.89. The molecule has 0 aliphatic heterocycles. The minimum atomic E-state index is -4.06. The molecule has 11 heteroatoms. The van der Waals surface area contributed by atoms with Crippen LogP contribution in [0.1, 0.15) is 83.3 Å². The van der Waals surface area contributed by atoms with Gasteiger partial charge in [-0.15, -0.1) is 0 Å². The number of nitrogens with one attached hydrogen (secondary N) is 2. The van der Waals surface area contributed by atoms with E-state index in [4.69, 9.17) is 23.2 Å². The van der Waals surface area contributed by atoms with Gasteiger partial charge in [0.05, 0.1) is 11.3 Å². The smallest absolute Gasteiger partial charge is 0.281 e. The van der Waals surface area contributed by atoms with E-state index in [1.807, 2.05) is 42.7 Å². The van der Waals surface area contributed by atoms with E-state index in [0.29, 0.717) is 18.0 Å². The Morgan fingerprint density at radius 3 is 2.38 bits per heavy atom. The van der Waals surface area contributed by atoms with Crippen LogP contribution >= 0.6 is 23.2 Å². The quantitative estimate of drug-likeness (QED) is 0.142. The van der Waals surface area contributed by atoms with E-state index in [-0.39, 0.29) is 24.1 Å². The van der Waals surface area contributed by atoms with Crippen molar-refractivity contribution in [3.8, 4) is 0 Å². The van der Waals surface area contributed by atoms with Crippen molar-refractivity contribution in [3.63, 3.8) is 0 Å². The molecule has 4 aromatic rings. The van der Waals surface area contributed by atoms with Crippen molar-refractivity contribution in [3.05, 3.63) is 98.4 Å². The predicted octanol–water partition coefficient (Wildman–Crippen LogP) is 7.33. The summed E-state index contributed by atoms with van der Waals surface area (Å²) in [5, 5.41) is 4.90. The molecule has 1 fully saturated rings. The molecular formula is C36H42Cl2N4O4S. The Morgan fingerprint density at radius 2 is 1.68 bits per heavy atom. The lowest BCUT2D eigenvalue weighted by molar-refractivity contribution is -0.125. The summed E-state index contributed by atoms with van der Waals surface area (Å²) in [4.78, 5) is 30.8. The summed E-state index contributed by atoms with van der Waals surface area (Å²) >= 11 is 12.8. The number of amides is 2. The molecule has 0 unspecified atom stereocenters. The van der Waals surface area contributed by atoms with Gasteiger partial charge in [0.15, 0.2) is 0 Å². The van der Waals surface area contributed by atoms with Crippen LogP contribution in [0.4, 0.5) is 0 Å². The van der Waals surface area contributed by atoms with Gasteiger partial charge in [0.1, 0.15) is 5.69 Å². The number of fused-ring (bicyclic) bond motifs is 1. The van der Waals surface area contributed by atoms with Crippen LogP contribution in [-0.4, -0.2) is 42.1 Å². The molecule has 2 N–H and O–H groups in total. The predicted molar refractivity (Wildman–Crippen MR) is 189 cm³/mol. The number of sulfonamides is 1. The fourth-order valence-corrected chi connectivity index (χ4v) is 7.74. The molecular weight excluding hydrogens is 655 g/mol. The number of rotatable bonds is 13. The normalized spacial score (nSPS) is 14.0. The van der Waals surface area contributed by atoms with Crippen LogP contribution in [0.25, 0.3) is 10.9 Å². The highest BCUT2D eigenvalue weighted by atomic mass is 35.5. The molecule has 0 saturated heterocycles. The molecule has 2 heterocycles. The lowest BCUT2D eigenvalue weighted by Crippen LogP contribution is -2.40. The van der Waals surface area contributed by atoms with Gasteiger partial charge in [-0.3, -0.25) is 14.6 Å². The molecule has 5 rings (SSSR count). The van der Waals surface area contributed by atoms with E-state index in [1.165, 1.54) is 5.56 Å². The van der Waals surface area contributed by atoms with Crippen molar-refractivity contribution in [1.82, 2.24) is 19.6 Å². The van der Waals surface area contributed by atoms with Gasteiger partial charge in [-0.2, -0.15) is 0 Å². The van der Waals surface area contributed by atoms with E-state index < -0.39 is 21.7 Å². The summed E-state index contributed by atoms with van der Waals surface area (Å²) in [5.41, 5.74) is 5.93. The molecule has 0 bridgehead atoms. The maximum absolute atomic E-state index is 14.0. The van der Waals surface area contributed by atoms with E-state index in [2.05, 4.69) is 27.2 Å². The zero-order valence-corrected chi connectivity index (χ0v) is 29.3. The molecule has 2 aromatic carbocycles. The van der Waals surface area contributed by atoms with E-state index >= 15 is 0 Å². The van der Waals surface area contributed by atoms with Gasteiger partial charge in [0.25, 0.3) is 5.91 Å². The second-order valence-corrected chi connectivity index (χ2v) is 15.2. The zero-order chi connectivity index (χ0) is 33.6. The first-order chi connectivity index (χ1) is 22.5. The van der Waals surface area contributed by atoms with Crippen molar-refractivity contribution >= 4 is 55.9 Å². The zero-order valence-electron chi connectivity index (χ0n) is 27.0. The second-order valence-electron chi connectivity index (χ2n) is 12.6. The Bertz CT molecular complexity index is 1830. The first-order valence-corrected chi connectivity index (χ1v) is 18.7. The van der Waals surface area contributed by atoms with E-state index in [9.17, 15) is 18.0 Å². The summed E-state index contributed by atoms with van der Waals surface area (Å²) in [7, 11) is -4.06. The molecule has 2 aromatic heterocycles. The molecule has 0 radical (unpaired) electrons. The number of hydrogen-bond donors (Lipinski definition) is 2. The summed E-state index contributed by atoms with van der Waals surface area (Å²) in [6, 6.07) is 13.4. The van der Waals surface area contributed by atoms with E-state index in [0.717, 1.165) is 89.5 Å². The SMILES string of the molecule is Cc1cc(CCCCc2c(C(=O)NS(=O)(=O)CCNC(=O)C3CCCCC3)n(Cc3cccnc3)c3cc(Cl)ccc23)cc(C)c1Cl. The summed E-state index contributed by atoms with van der Waals surface area (Å²) in [6.45, 7) is 4.24. The highest BCUT2D eigenvalue weighted by molar-refractivity contribution is 7.90. The Kier molecular flexibility index (Phi) is 11.6. The van der Waals surface area contributed by atoms with Crippen LogP contribution in [0.3, 0.4) is 0 Å². The molecule has 47 heavy (non-hydrogen) atoms. The van der Waals surface area contributed by atoms with Crippen LogP contribution in [0.2, 0.25) is 10.0 Å². The van der Waals surface area contributed by atoms with Gasteiger partial charge >= 0.3 is 0 Å². The monoisotopic (exact) mass is 696 g/mol. The Labute approximate surface area is 287 Å². The number of carbonyl (C=O) groups excluding carboxylic acids is 2. The minimum absolute atomic E-state index is 0.0667. The van der Waals surface area contributed by atoms with E-state index in [1.54, 1.807) is 18.5 Å². The average molecular weight is 698 g/mol. The van der Waals surface area contributed by atoms with Crippen LogP contribution in [0.15, 0.2) is 54.9 Å². The van der Waals surface area contributed by atoms with Crippen LogP contribution in [-0.2, 0) is 34.2 Å². The Hall–Kier alpha value is -3.40. The second kappa shape index (κ2) is 15.7. The van der Waals surface area contributed by atoms with Gasteiger partial charge in [-0.1, -0.05) is 66.7 Å². The molecule has 250 valence electrons. The largest absolute Gasteiger partial charge is 0.355 e. The summed E-state index contributed by atoms with van der Waals surface area (Å²) in [5.74, 6) is -1.31. The first kappa shape index (κ1) is 34.9. The molecule has 1 aliphatic rings. The third-order valence-electron chi connectivity index (χ3n) is 8.94. The van der Waals surface area contributed by atoms with Gasteiger partial charge in [0, 0.05) is 46.8 Å². The molecule has 2 amide bonds. The maximum atomic E-state index is 14.0. The third-order valence-corrected chi connectivity index (χ3v) is 11.0.